The van der Waals surface area contributed by atoms with Crippen LogP contribution in [0.15, 0.2) is 29.6 Å². The molecule has 0 unspecified atom stereocenters. The van der Waals surface area contributed by atoms with Crippen LogP contribution in [0.25, 0.3) is 0 Å². The first kappa shape index (κ1) is 15.0. The van der Waals surface area contributed by atoms with Crippen molar-refractivity contribution in [2.24, 2.45) is 5.92 Å². The standard InChI is InChI=1S/C17H21N3OS/c1-11-10-22-17(18-11)15(12-7-8-12)19-16(21)13-5-4-6-14(9-13)20(2)3/h4-6,9-10,12,15H,7-8H2,1-3H3,(H,19,21)/t15-/m1/s1. The van der Waals surface area contributed by atoms with Gasteiger partial charge in [-0.25, -0.2) is 4.98 Å². The van der Waals surface area contributed by atoms with Gasteiger partial charge in [-0.3, -0.25) is 4.79 Å². The normalized spacial score (nSPS) is 15.4. The Hall–Kier alpha value is -1.88. The van der Waals surface area contributed by atoms with Gasteiger partial charge in [-0.15, -0.1) is 11.3 Å². The Bertz CT molecular complexity index is 676. The first-order valence-corrected chi connectivity index (χ1v) is 8.43. The highest BCUT2D eigenvalue weighted by molar-refractivity contribution is 7.09. The van der Waals surface area contributed by atoms with Crippen LogP contribution >= 0.6 is 11.3 Å². The number of nitrogens with zero attached hydrogens (tertiary/aromatic N) is 2. The van der Waals surface area contributed by atoms with Crippen LogP contribution in [-0.2, 0) is 0 Å². The number of rotatable bonds is 5. The summed E-state index contributed by atoms with van der Waals surface area (Å²) < 4.78 is 0. The second-order valence-electron chi connectivity index (χ2n) is 6.06. The molecule has 4 nitrogen and oxygen atoms in total. The second kappa shape index (κ2) is 6.08. The number of anilines is 1. The van der Waals surface area contributed by atoms with Gasteiger partial charge in [0.25, 0.3) is 5.91 Å². The lowest BCUT2D eigenvalue weighted by Crippen LogP contribution is -2.30. The van der Waals surface area contributed by atoms with Gasteiger partial charge in [0.15, 0.2) is 0 Å². The monoisotopic (exact) mass is 315 g/mol. The Labute approximate surface area is 135 Å². The molecule has 1 N–H and O–H groups in total. The molecule has 0 saturated heterocycles. The van der Waals surface area contributed by atoms with Gasteiger partial charge in [-0.05, 0) is 43.9 Å². The van der Waals surface area contributed by atoms with Crippen molar-refractivity contribution in [2.45, 2.75) is 25.8 Å². The maximum Gasteiger partial charge on any atom is 0.251 e. The first-order valence-electron chi connectivity index (χ1n) is 7.55. The molecule has 1 aliphatic carbocycles. The van der Waals surface area contributed by atoms with Crippen molar-refractivity contribution < 1.29 is 4.79 Å². The van der Waals surface area contributed by atoms with Crippen molar-refractivity contribution in [2.75, 3.05) is 19.0 Å². The van der Waals surface area contributed by atoms with Gasteiger partial charge in [0.05, 0.1) is 6.04 Å². The molecular weight excluding hydrogens is 294 g/mol. The molecule has 1 aliphatic rings. The topological polar surface area (TPSA) is 45.2 Å². The summed E-state index contributed by atoms with van der Waals surface area (Å²) in [6, 6.07) is 7.75. The number of benzene rings is 1. The van der Waals surface area contributed by atoms with Gasteiger partial charge in [-0.2, -0.15) is 0 Å². The molecule has 1 aromatic heterocycles. The predicted molar refractivity (Wildman–Crippen MR) is 90.6 cm³/mol. The molecule has 1 amide bonds. The van der Waals surface area contributed by atoms with E-state index in [4.69, 9.17) is 0 Å². The van der Waals surface area contributed by atoms with E-state index >= 15 is 0 Å². The molecule has 1 atom stereocenters. The summed E-state index contributed by atoms with van der Waals surface area (Å²) in [7, 11) is 3.95. The first-order chi connectivity index (χ1) is 10.5. The Morgan fingerprint density at radius 1 is 1.41 bits per heavy atom. The van der Waals surface area contributed by atoms with Crippen molar-refractivity contribution in [3.63, 3.8) is 0 Å². The van der Waals surface area contributed by atoms with E-state index in [9.17, 15) is 4.79 Å². The third-order valence-electron chi connectivity index (χ3n) is 3.91. The van der Waals surface area contributed by atoms with E-state index in [2.05, 4.69) is 10.3 Å². The molecule has 1 saturated carbocycles. The van der Waals surface area contributed by atoms with E-state index in [1.807, 2.05) is 55.6 Å². The fourth-order valence-electron chi connectivity index (χ4n) is 2.48. The third-order valence-corrected chi connectivity index (χ3v) is 4.95. The lowest BCUT2D eigenvalue weighted by Gasteiger charge is -2.17. The van der Waals surface area contributed by atoms with Crippen LogP contribution < -0.4 is 10.2 Å². The summed E-state index contributed by atoms with van der Waals surface area (Å²) in [4.78, 5) is 19.1. The van der Waals surface area contributed by atoms with Gasteiger partial charge < -0.3 is 10.2 Å². The molecule has 1 heterocycles. The smallest absolute Gasteiger partial charge is 0.251 e. The molecule has 1 fully saturated rings. The molecule has 3 rings (SSSR count). The lowest BCUT2D eigenvalue weighted by atomic mass is 10.1. The van der Waals surface area contributed by atoms with Gasteiger partial charge in [0.1, 0.15) is 5.01 Å². The highest BCUT2D eigenvalue weighted by Crippen LogP contribution is 2.42. The van der Waals surface area contributed by atoms with Crippen molar-refractivity contribution in [3.8, 4) is 0 Å². The zero-order chi connectivity index (χ0) is 15.7. The number of amides is 1. The number of hydrogen-bond acceptors (Lipinski definition) is 4. The van der Waals surface area contributed by atoms with E-state index < -0.39 is 0 Å². The number of thiazole rings is 1. The van der Waals surface area contributed by atoms with E-state index in [-0.39, 0.29) is 11.9 Å². The number of aromatic nitrogens is 1. The fourth-order valence-corrected chi connectivity index (χ4v) is 3.41. The zero-order valence-corrected chi connectivity index (χ0v) is 14.0. The van der Waals surface area contributed by atoms with Crippen LogP contribution in [-0.4, -0.2) is 25.0 Å². The van der Waals surface area contributed by atoms with Crippen molar-refractivity contribution >= 4 is 22.9 Å². The largest absolute Gasteiger partial charge is 0.378 e. The molecule has 1 aromatic carbocycles. The molecule has 0 bridgehead atoms. The van der Waals surface area contributed by atoms with Crippen molar-refractivity contribution in [1.82, 2.24) is 10.3 Å². The predicted octanol–water partition coefficient (Wildman–Crippen LogP) is 3.40. The quantitative estimate of drug-likeness (QED) is 0.920. The Morgan fingerprint density at radius 2 is 2.18 bits per heavy atom. The second-order valence-corrected chi connectivity index (χ2v) is 6.95. The molecule has 116 valence electrons. The number of aryl methyl sites for hydroxylation is 1. The minimum atomic E-state index is -0.0200. The zero-order valence-electron chi connectivity index (χ0n) is 13.2. The molecule has 0 aliphatic heterocycles. The third kappa shape index (κ3) is 3.30. The minimum Gasteiger partial charge on any atom is -0.378 e. The van der Waals surface area contributed by atoms with Crippen LogP contribution in [0.5, 0.6) is 0 Å². The van der Waals surface area contributed by atoms with Crippen LogP contribution in [0.4, 0.5) is 5.69 Å². The number of carbonyl (C=O) groups is 1. The molecule has 0 radical (unpaired) electrons. The summed E-state index contributed by atoms with van der Waals surface area (Å²) in [5, 5.41) is 6.25. The van der Waals surface area contributed by atoms with E-state index in [0.717, 1.165) is 16.4 Å². The van der Waals surface area contributed by atoms with E-state index in [1.54, 1.807) is 11.3 Å². The van der Waals surface area contributed by atoms with Crippen LogP contribution in [0.1, 0.15) is 39.9 Å². The van der Waals surface area contributed by atoms with Crippen LogP contribution in [0, 0.1) is 12.8 Å². The number of hydrogen-bond donors (Lipinski definition) is 1. The number of nitrogens with one attached hydrogen (secondary N) is 1. The average molecular weight is 315 g/mol. The van der Waals surface area contributed by atoms with E-state index in [0.29, 0.717) is 11.5 Å². The highest BCUT2D eigenvalue weighted by Gasteiger charge is 2.35. The highest BCUT2D eigenvalue weighted by atomic mass is 32.1. The van der Waals surface area contributed by atoms with Crippen LogP contribution in [0.3, 0.4) is 0 Å². The summed E-state index contributed by atoms with van der Waals surface area (Å²) in [5.41, 5.74) is 2.75. The lowest BCUT2D eigenvalue weighted by molar-refractivity contribution is 0.0931. The van der Waals surface area contributed by atoms with Crippen molar-refractivity contribution in [3.05, 3.63) is 45.9 Å². The van der Waals surface area contributed by atoms with Gasteiger partial charge >= 0.3 is 0 Å². The average Bonchev–Trinajstić information content (AvgIpc) is 3.26. The Balaban J connectivity index is 1.78. The Morgan fingerprint density at radius 3 is 2.77 bits per heavy atom. The number of carbonyl (C=O) groups excluding carboxylic acids is 1. The SMILES string of the molecule is Cc1csc([C@H](NC(=O)c2cccc(N(C)C)c2)C2CC2)n1. The maximum atomic E-state index is 12.6. The van der Waals surface area contributed by atoms with Gasteiger partial charge in [0, 0.05) is 36.4 Å². The van der Waals surface area contributed by atoms with Crippen LogP contribution in [0.2, 0.25) is 0 Å². The summed E-state index contributed by atoms with van der Waals surface area (Å²) in [6.07, 6.45) is 2.34. The van der Waals surface area contributed by atoms with Crippen molar-refractivity contribution in [1.29, 1.82) is 0 Å². The molecule has 0 spiro atoms. The summed E-state index contributed by atoms with van der Waals surface area (Å²) >= 11 is 1.64. The maximum absolute atomic E-state index is 12.6. The molecule has 5 heteroatoms. The molecule has 22 heavy (non-hydrogen) atoms. The minimum absolute atomic E-state index is 0.0200. The Kier molecular flexibility index (Phi) is 4.16. The fraction of sp³-hybridized carbons (Fsp3) is 0.412. The summed E-state index contributed by atoms with van der Waals surface area (Å²) in [5.74, 6) is 0.514. The molecule has 2 aromatic rings. The van der Waals surface area contributed by atoms with Gasteiger partial charge in [-0.1, -0.05) is 6.07 Å². The molecular formula is C17H21N3OS. The summed E-state index contributed by atoms with van der Waals surface area (Å²) in [6.45, 7) is 1.99. The van der Waals surface area contributed by atoms with Gasteiger partial charge in [0.2, 0.25) is 0 Å². The van der Waals surface area contributed by atoms with E-state index in [1.165, 1.54) is 12.8 Å².